The Kier molecular flexibility index (Phi) is 10.0. The molecule has 1 heterocycles. The Morgan fingerprint density at radius 3 is 2.23 bits per heavy atom. The number of benzene rings is 1. The molecular weight excluding hydrogens is 548 g/mol. The molecule has 7 nitrogen and oxygen atoms in total. The van der Waals surface area contributed by atoms with Crippen LogP contribution in [0.25, 0.3) is 0 Å². The number of pyridine rings is 1. The fourth-order valence-electron chi connectivity index (χ4n) is 2.59. The molecule has 0 fully saturated rings. The molecule has 2 aromatic rings. The molecule has 31 heavy (non-hydrogen) atoms. The van der Waals surface area contributed by atoms with Crippen LogP contribution in [0.4, 0.5) is 13.2 Å². The van der Waals surface area contributed by atoms with Crippen LogP contribution in [0.1, 0.15) is 16.7 Å². The van der Waals surface area contributed by atoms with Crippen molar-refractivity contribution >= 4 is 39.8 Å². The van der Waals surface area contributed by atoms with Gasteiger partial charge in [-0.3, -0.25) is 4.99 Å². The van der Waals surface area contributed by atoms with E-state index in [1.54, 1.807) is 38.2 Å². The summed E-state index contributed by atoms with van der Waals surface area (Å²) in [5, 5.41) is 6.17. The number of guanidine groups is 1. The molecule has 0 bridgehead atoms. The van der Waals surface area contributed by atoms with Gasteiger partial charge in [0.2, 0.25) is 5.88 Å². The molecule has 12 heteroatoms. The summed E-state index contributed by atoms with van der Waals surface area (Å²) in [4.78, 5) is 8.24. The minimum Gasteiger partial charge on any atom is -0.468 e. The molecule has 0 saturated carbocycles. The number of sulfone groups is 1. The lowest BCUT2D eigenvalue weighted by molar-refractivity contribution is -0.154. The first-order chi connectivity index (χ1) is 14.0. The third-order valence-corrected chi connectivity index (χ3v) is 5.22. The molecule has 2 rings (SSSR count). The van der Waals surface area contributed by atoms with E-state index in [0.29, 0.717) is 29.5 Å². The van der Waals surface area contributed by atoms with Gasteiger partial charge >= 0.3 is 6.18 Å². The normalized spacial score (nSPS) is 12.1. The molecule has 0 saturated heterocycles. The molecule has 1 aromatic carbocycles. The second-order valence-electron chi connectivity index (χ2n) is 6.56. The van der Waals surface area contributed by atoms with E-state index in [1.807, 2.05) is 0 Å². The maximum atomic E-state index is 12.1. The van der Waals surface area contributed by atoms with Gasteiger partial charge in [-0.15, -0.1) is 24.0 Å². The Morgan fingerprint density at radius 1 is 1.13 bits per heavy atom. The lowest BCUT2D eigenvalue weighted by Gasteiger charge is -2.13. The van der Waals surface area contributed by atoms with Gasteiger partial charge < -0.3 is 15.4 Å². The summed E-state index contributed by atoms with van der Waals surface area (Å²) >= 11 is 0. The third-order valence-electron chi connectivity index (χ3n) is 3.96. The van der Waals surface area contributed by atoms with Crippen LogP contribution < -0.4 is 15.4 Å². The maximum Gasteiger partial charge on any atom is 0.422 e. The first-order valence-electron chi connectivity index (χ1n) is 8.86. The fraction of sp³-hybridized carbons (Fsp3) is 0.368. The van der Waals surface area contributed by atoms with Gasteiger partial charge in [0, 0.05) is 38.7 Å². The lowest BCUT2D eigenvalue weighted by Crippen LogP contribution is -2.36. The van der Waals surface area contributed by atoms with Gasteiger partial charge in [0.25, 0.3) is 0 Å². The molecule has 0 aliphatic heterocycles. The van der Waals surface area contributed by atoms with Gasteiger partial charge in [0.05, 0.1) is 4.90 Å². The lowest BCUT2D eigenvalue weighted by atomic mass is 10.1. The van der Waals surface area contributed by atoms with E-state index >= 15 is 0 Å². The van der Waals surface area contributed by atoms with Crippen LogP contribution in [-0.2, 0) is 22.9 Å². The van der Waals surface area contributed by atoms with E-state index in [1.165, 1.54) is 18.5 Å². The van der Waals surface area contributed by atoms with Gasteiger partial charge in [-0.25, -0.2) is 13.4 Å². The highest BCUT2D eigenvalue weighted by molar-refractivity contribution is 14.0. The smallest absolute Gasteiger partial charge is 0.422 e. The second kappa shape index (κ2) is 11.5. The number of ether oxygens (including phenoxy) is 1. The number of aryl methyl sites for hydroxylation is 1. The largest absolute Gasteiger partial charge is 0.468 e. The fourth-order valence-corrected chi connectivity index (χ4v) is 3.55. The van der Waals surface area contributed by atoms with E-state index in [0.717, 1.165) is 11.1 Å². The molecule has 0 aliphatic carbocycles. The summed E-state index contributed by atoms with van der Waals surface area (Å²) in [6.07, 6.45) is -1.83. The Balaban J connectivity index is 0.00000480. The average molecular weight is 572 g/mol. The Morgan fingerprint density at radius 2 is 1.74 bits per heavy atom. The van der Waals surface area contributed by atoms with Crippen molar-refractivity contribution in [3.8, 4) is 5.88 Å². The van der Waals surface area contributed by atoms with E-state index in [4.69, 9.17) is 0 Å². The highest BCUT2D eigenvalue weighted by Crippen LogP contribution is 2.17. The summed E-state index contributed by atoms with van der Waals surface area (Å²) in [7, 11) is -1.67. The minimum absolute atomic E-state index is 0. The first-order valence-corrected chi connectivity index (χ1v) is 10.8. The van der Waals surface area contributed by atoms with Crippen molar-refractivity contribution in [2.24, 2.45) is 4.99 Å². The maximum absolute atomic E-state index is 12.1. The van der Waals surface area contributed by atoms with Crippen molar-refractivity contribution in [3.05, 3.63) is 53.2 Å². The zero-order valence-corrected chi connectivity index (χ0v) is 20.3. The Bertz CT molecular complexity index is 997. The van der Waals surface area contributed by atoms with Crippen LogP contribution in [0.3, 0.4) is 0 Å². The summed E-state index contributed by atoms with van der Waals surface area (Å²) < 4.78 is 64.4. The standard InChI is InChI=1S/C19H23F3N4O3S.HI/c1-13-8-14(4-6-16(13)30(3,27)28)9-25-18(23-2)26-11-15-5-7-17(24-10-15)29-12-19(20,21)22;/h4-8,10H,9,11-12H2,1-3H3,(H2,23,25,26);1H. The van der Waals surface area contributed by atoms with Gasteiger partial charge in [-0.2, -0.15) is 13.2 Å². The monoisotopic (exact) mass is 572 g/mol. The Hall–Kier alpha value is -2.09. The number of aliphatic imine (C=N–C) groups is 1. The highest BCUT2D eigenvalue weighted by Gasteiger charge is 2.28. The molecule has 172 valence electrons. The van der Waals surface area contributed by atoms with Crippen molar-refractivity contribution < 1.29 is 26.3 Å². The predicted octanol–water partition coefficient (Wildman–Crippen LogP) is 3.22. The topological polar surface area (TPSA) is 92.7 Å². The van der Waals surface area contributed by atoms with Crippen molar-refractivity contribution in [3.63, 3.8) is 0 Å². The molecule has 0 aliphatic rings. The molecule has 2 N–H and O–H groups in total. The van der Waals surface area contributed by atoms with Crippen LogP contribution in [0.5, 0.6) is 5.88 Å². The first kappa shape index (κ1) is 26.9. The van der Waals surface area contributed by atoms with E-state index < -0.39 is 22.6 Å². The number of halogens is 4. The molecule has 0 radical (unpaired) electrons. The van der Waals surface area contributed by atoms with Crippen LogP contribution in [-0.4, -0.2) is 45.4 Å². The third kappa shape index (κ3) is 9.29. The molecule has 1 aromatic heterocycles. The number of nitrogens with one attached hydrogen (secondary N) is 2. The molecule has 0 amide bonds. The zero-order valence-electron chi connectivity index (χ0n) is 17.2. The van der Waals surface area contributed by atoms with Crippen LogP contribution in [0.15, 0.2) is 46.4 Å². The van der Waals surface area contributed by atoms with Crippen LogP contribution in [0.2, 0.25) is 0 Å². The summed E-state index contributed by atoms with van der Waals surface area (Å²) in [6, 6.07) is 8.07. The highest BCUT2D eigenvalue weighted by atomic mass is 127. The predicted molar refractivity (Wildman–Crippen MR) is 123 cm³/mol. The number of nitrogens with zero attached hydrogens (tertiary/aromatic N) is 2. The minimum atomic E-state index is -4.41. The summed E-state index contributed by atoms with van der Waals surface area (Å²) in [5.41, 5.74) is 2.28. The molecule has 0 unspecified atom stereocenters. The Labute approximate surface area is 196 Å². The molecular formula is C19H24F3IN4O3S. The van der Waals surface area contributed by atoms with Gasteiger partial charge in [0.1, 0.15) is 0 Å². The van der Waals surface area contributed by atoms with E-state index in [2.05, 4.69) is 25.3 Å². The van der Waals surface area contributed by atoms with Crippen LogP contribution in [0, 0.1) is 6.92 Å². The summed E-state index contributed by atoms with van der Waals surface area (Å²) in [6.45, 7) is 1.12. The number of alkyl halides is 3. The van der Waals surface area contributed by atoms with Gasteiger partial charge in [-0.05, 0) is 29.7 Å². The van der Waals surface area contributed by atoms with Crippen molar-refractivity contribution in [1.82, 2.24) is 15.6 Å². The number of rotatable bonds is 7. The van der Waals surface area contributed by atoms with Crippen molar-refractivity contribution in [2.45, 2.75) is 31.1 Å². The SMILES string of the molecule is CN=C(NCc1ccc(OCC(F)(F)F)nc1)NCc1ccc(S(C)(=O)=O)c(C)c1.I. The number of aromatic nitrogens is 1. The quantitative estimate of drug-likeness (QED) is 0.301. The van der Waals surface area contributed by atoms with Crippen molar-refractivity contribution in [1.29, 1.82) is 0 Å². The van der Waals surface area contributed by atoms with E-state index in [9.17, 15) is 21.6 Å². The number of hydrogen-bond acceptors (Lipinski definition) is 5. The van der Waals surface area contributed by atoms with Gasteiger partial charge in [-0.1, -0.05) is 18.2 Å². The molecule has 0 atom stereocenters. The number of hydrogen-bond donors (Lipinski definition) is 2. The zero-order chi connectivity index (χ0) is 22.4. The summed E-state index contributed by atoms with van der Waals surface area (Å²) in [5.74, 6) is 0.392. The van der Waals surface area contributed by atoms with Gasteiger partial charge in [0.15, 0.2) is 22.4 Å². The van der Waals surface area contributed by atoms with E-state index in [-0.39, 0.29) is 29.9 Å². The van der Waals surface area contributed by atoms with Crippen LogP contribution >= 0.6 is 24.0 Å². The average Bonchev–Trinajstić information content (AvgIpc) is 2.66. The molecule has 0 spiro atoms. The van der Waals surface area contributed by atoms with Crippen molar-refractivity contribution in [2.75, 3.05) is 19.9 Å². The second-order valence-corrected chi connectivity index (χ2v) is 8.54.